The summed E-state index contributed by atoms with van der Waals surface area (Å²) in [7, 11) is 0. The number of carboxylic acid groups (broad SMARTS) is 1. The number of hydrogen-bond acceptors (Lipinski definition) is 4. The molecule has 38 heavy (non-hydrogen) atoms. The molecule has 7 heteroatoms. The average Bonchev–Trinajstić information content (AvgIpc) is 3.54. The molecule has 3 aromatic carbocycles. The Hall–Kier alpha value is -4.23. The standard InChI is InChI=1S/C31H29N3O4/c1-17-12-13-18(2)22(14-17)27-25-26(29(36)34(28(25)35)24-11-7-4-8-19(24)3)31(33-27,30(37)38)15-20-16-32-23-10-6-5-9-21(20)23/h4-14,16,25-27,32-33H,15H2,1-3H3,(H,37,38). The van der Waals surface area contributed by atoms with Gasteiger partial charge in [0.05, 0.1) is 17.5 Å². The fourth-order valence-corrected chi connectivity index (χ4v) is 6.43. The lowest BCUT2D eigenvalue weighted by Gasteiger charge is -2.31. The topological polar surface area (TPSA) is 102 Å². The van der Waals surface area contributed by atoms with Gasteiger partial charge in [0, 0.05) is 29.6 Å². The van der Waals surface area contributed by atoms with Gasteiger partial charge < -0.3 is 10.1 Å². The van der Waals surface area contributed by atoms with Crippen molar-refractivity contribution in [3.8, 4) is 0 Å². The minimum Gasteiger partial charge on any atom is -0.480 e. The van der Waals surface area contributed by atoms with E-state index in [1.807, 2.05) is 75.4 Å². The van der Waals surface area contributed by atoms with Crippen molar-refractivity contribution in [2.45, 2.75) is 38.8 Å². The monoisotopic (exact) mass is 507 g/mol. The quantitative estimate of drug-likeness (QED) is 0.343. The van der Waals surface area contributed by atoms with Crippen LogP contribution in [0.2, 0.25) is 0 Å². The molecule has 6 rings (SSSR count). The number of aliphatic carboxylic acids is 1. The van der Waals surface area contributed by atoms with E-state index in [2.05, 4.69) is 10.3 Å². The van der Waals surface area contributed by atoms with Crippen LogP contribution in [0.4, 0.5) is 5.69 Å². The fourth-order valence-electron chi connectivity index (χ4n) is 6.43. The lowest BCUT2D eigenvalue weighted by Crippen LogP contribution is -2.57. The maximum Gasteiger partial charge on any atom is 0.325 e. The van der Waals surface area contributed by atoms with Gasteiger partial charge in [0.2, 0.25) is 11.8 Å². The molecule has 1 aromatic heterocycles. The number of aromatic nitrogens is 1. The van der Waals surface area contributed by atoms with Crippen molar-refractivity contribution in [2.24, 2.45) is 11.8 Å². The van der Waals surface area contributed by atoms with Crippen LogP contribution in [0.5, 0.6) is 0 Å². The van der Waals surface area contributed by atoms with Crippen LogP contribution < -0.4 is 10.2 Å². The first-order valence-electron chi connectivity index (χ1n) is 12.8. The van der Waals surface area contributed by atoms with Gasteiger partial charge in [-0.3, -0.25) is 19.7 Å². The number of imide groups is 1. The number of carbonyl (C=O) groups is 3. The second-order valence-corrected chi connectivity index (χ2v) is 10.6. The minimum absolute atomic E-state index is 0.0511. The van der Waals surface area contributed by atoms with Gasteiger partial charge in [-0.05, 0) is 55.2 Å². The molecule has 3 N–H and O–H groups in total. The number of fused-ring (bicyclic) bond motifs is 2. The number of benzene rings is 3. The summed E-state index contributed by atoms with van der Waals surface area (Å²) in [6.45, 7) is 5.76. The SMILES string of the molecule is Cc1ccc(C)c(C2NC(Cc3c[nH]c4ccccc34)(C(=O)O)C3C(=O)N(c4ccccc4C)C(=O)C23)c1. The third-order valence-corrected chi connectivity index (χ3v) is 8.31. The predicted octanol–water partition coefficient (Wildman–Crippen LogP) is 4.61. The molecule has 0 bridgehead atoms. The van der Waals surface area contributed by atoms with Gasteiger partial charge in [-0.1, -0.05) is 60.2 Å². The first kappa shape index (κ1) is 24.1. The van der Waals surface area contributed by atoms with Crippen LogP contribution in [0.1, 0.15) is 33.9 Å². The Kier molecular flexibility index (Phi) is 5.50. The third kappa shape index (κ3) is 3.42. The number of nitrogens with one attached hydrogen (secondary N) is 2. The second kappa shape index (κ2) is 8.67. The summed E-state index contributed by atoms with van der Waals surface area (Å²) in [4.78, 5) is 46.0. The number of carbonyl (C=O) groups excluding carboxylic acids is 2. The van der Waals surface area contributed by atoms with Crippen LogP contribution in [-0.4, -0.2) is 33.4 Å². The summed E-state index contributed by atoms with van der Waals surface area (Å²) < 4.78 is 0. The van der Waals surface area contributed by atoms with Gasteiger partial charge in [-0.15, -0.1) is 0 Å². The Morgan fingerprint density at radius 3 is 2.45 bits per heavy atom. The van der Waals surface area contributed by atoms with Crippen LogP contribution in [0.15, 0.2) is 72.9 Å². The Balaban J connectivity index is 1.55. The van der Waals surface area contributed by atoms with E-state index in [4.69, 9.17) is 0 Å². The third-order valence-electron chi connectivity index (χ3n) is 8.31. The lowest BCUT2D eigenvalue weighted by atomic mass is 9.76. The zero-order chi connectivity index (χ0) is 26.8. The highest BCUT2D eigenvalue weighted by Gasteiger charge is 2.69. The Morgan fingerprint density at radius 2 is 1.68 bits per heavy atom. The summed E-state index contributed by atoms with van der Waals surface area (Å²) in [5, 5.41) is 15.1. The number of anilines is 1. The van der Waals surface area contributed by atoms with Crippen molar-refractivity contribution in [3.63, 3.8) is 0 Å². The van der Waals surface area contributed by atoms with Crippen molar-refractivity contribution in [1.29, 1.82) is 0 Å². The molecule has 4 atom stereocenters. The second-order valence-electron chi connectivity index (χ2n) is 10.6. The van der Waals surface area contributed by atoms with E-state index in [0.717, 1.165) is 38.7 Å². The van der Waals surface area contributed by atoms with Crippen LogP contribution in [0, 0.1) is 32.6 Å². The molecule has 0 spiro atoms. The van der Waals surface area contributed by atoms with E-state index in [1.165, 1.54) is 4.90 Å². The Labute approximate surface area is 220 Å². The maximum atomic E-state index is 14.2. The van der Waals surface area contributed by atoms with E-state index in [1.54, 1.807) is 18.3 Å². The Bertz CT molecular complexity index is 1620. The first-order valence-corrected chi connectivity index (χ1v) is 12.8. The van der Waals surface area contributed by atoms with E-state index in [-0.39, 0.29) is 12.3 Å². The molecule has 2 fully saturated rings. The Morgan fingerprint density at radius 1 is 0.947 bits per heavy atom. The molecule has 2 saturated heterocycles. The van der Waals surface area contributed by atoms with Gasteiger partial charge >= 0.3 is 5.97 Å². The number of para-hydroxylation sites is 2. The van der Waals surface area contributed by atoms with Gasteiger partial charge in [0.15, 0.2) is 0 Å². The zero-order valence-electron chi connectivity index (χ0n) is 21.5. The van der Waals surface area contributed by atoms with Gasteiger partial charge in [-0.25, -0.2) is 4.90 Å². The maximum absolute atomic E-state index is 14.2. The minimum atomic E-state index is -1.68. The zero-order valence-corrected chi connectivity index (χ0v) is 21.5. The van der Waals surface area contributed by atoms with Gasteiger partial charge in [-0.2, -0.15) is 0 Å². The number of amides is 2. The number of aromatic amines is 1. The summed E-state index contributed by atoms with van der Waals surface area (Å²) in [5.74, 6) is -3.92. The van der Waals surface area contributed by atoms with E-state index >= 15 is 0 Å². The van der Waals surface area contributed by atoms with Crippen molar-refractivity contribution >= 4 is 34.4 Å². The normalized spacial score (nSPS) is 24.8. The molecule has 192 valence electrons. The van der Waals surface area contributed by atoms with Crippen molar-refractivity contribution in [1.82, 2.24) is 10.3 Å². The number of rotatable bonds is 5. The molecule has 4 aromatic rings. The number of carboxylic acids is 1. The molecule has 4 unspecified atom stereocenters. The number of aryl methyl sites for hydroxylation is 3. The molecular formula is C31H29N3O4. The number of hydrogen-bond donors (Lipinski definition) is 3. The molecule has 7 nitrogen and oxygen atoms in total. The molecule has 2 aliphatic rings. The van der Waals surface area contributed by atoms with E-state index < -0.39 is 35.3 Å². The van der Waals surface area contributed by atoms with Crippen LogP contribution in [0.25, 0.3) is 10.9 Å². The molecule has 3 heterocycles. The van der Waals surface area contributed by atoms with Gasteiger partial charge in [0.25, 0.3) is 0 Å². The summed E-state index contributed by atoms with van der Waals surface area (Å²) in [6.07, 6.45) is 1.85. The summed E-state index contributed by atoms with van der Waals surface area (Å²) in [6, 6.07) is 20.2. The lowest BCUT2D eigenvalue weighted by molar-refractivity contribution is -0.148. The summed E-state index contributed by atoms with van der Waals surface area (Å²) >= 11 is 0. The van der Waals surface area contributed by atoms with Crippen LogP contribution >= 0.6 is 0 Å². The molecule has 2 amide bonds. The molecule has 0 saturated carbocycles. The average molecular weight is 508 g/mol. The highest BCUT2D eigenvalue weighted by atomic mass is 16.4. The molecule has 2 aliphatic heterocycles. The number of H-pyrrole nitrogens is 1. The van der Waals surface area contributed by atoms with Crippen LogP contribution in [-0.2, 0) is 20.8 Å². The molecule has 0 aliphatic carbocycles. The van der Waals surface area contributed by atoms with Gasteiger partial charge in [0.1, 0.15) is 5.54 Å². The smallest absolute Gasteiger partial charge is 0.325 e. The van der Waals surface area contributed by atoms with Crippen LogP contribution in [0.3, 0.4) is 0 Å². The molecule has 0 radical (unpaired) electrons. The first-order chi connectivity index (χ1) is 18.2. The highest BCUT2D eigenvalue weighted by Crippen LogP contribution is 2.52. The summed E-state index contributed by atoms with van der Waals surface area (Å²) in [5.41, 5.74) is 4.06. The fraction of sp³-hybridized carbons (Fsp3) is 0.258. The largest absolute Gasteiger partial charge is 0.480 e. The van der Waals surface area contributed by atoms with Crippen molar-refractivity contribution in [3.05, 3.63) is 101 Å². The predicted molar refractivity (Wildman–Crippen MR) is 145 cm³/mol. The van der Waals surface area contributed by atoms with Crippen molar-refractivity contribution < 1.29 is 19.5 Å². The highest BCUT2D eigenvalue weighted by molar-refractivity contribution is 6.24. The molecular weight excluding hydrogens is 478 g/mol. The van der Waals surface area contributed by atoms with Crippen molar-refractivity contribution in [2.75, 3.05) is 4.90 Å². The number of nitrogens with zero attached hydrogens (tertiary/aromatic N) is 1. The van der Waals surface area contributed by atoms with E-state index in [9.17, 15) is 19.5 Å². The van der Waals surface area contributed by atoms with E-state index in [0.29, 0.717) is 5.69 Å².